The van der Waals surface area contributed by atoms with Gasteiger partial charge in [-0.15, -0.1) is 0 Å². The molecule has 0 saturated heterocycles. The van der Waals surface area contributed by atoms with Crippen LogP contribution in [0.4, 0.5) is 0 Å². The molecule has 4 nitrogen and oxygen atoms in total. The molecule has 0 bridgehead atoms. The molecule has 0 aliphatic carbocycles. The van der Waals surface area contributed by atoms with Crippen molar-refractivity contribution < 1.29 is 17.4 Å². The highest BCUT2D eigenvalue weighted by molar-refractivity contribution is 7.85. The highest BCUT2D eigenvalue weighted by Crippen LogP contribution is 2.07. The van der Waals surface area contributed by atoms with Gasteiger partial charge in [-0.25, -0.2) is 0 Å². The molecule has 0 saturated carbocycles. The Morgan fingerprint density at radius 2 is 2.07 bits per heavy atom. The molecular weight excluding hydrogens is 204 g/mol. The minimum atomic E-state index is -3.78. The second-order valence-electron chi connectivity index (χ2n) is 3.18. The van der Waals surface area contributed by atoms with Crippen molar-refractivity contribution in [3.8, 4) is 0 Å². The fraction of sp³-hybridized carbons (Fsp3) is 0.556. The standard InChI is InChI=1S/C9H14O4S/c10-14(11,12)8-3-1-2-5-9-6-4-7-13-9/h4,6-7H,1-3,5,8H2,(H,10,11,12). The molecule has 1 aromatic rings. The van der Waals surface area contributed by atoms with Crippen molar-refractivity contribution in [3.63, 3.8) is 0 Å². The molecule has 0 atom stereocenters. The Hall–Kier alpha value is -0.810. The van der Waals surface area contributed by atoms with E-state index < -0.39 is 10.1 Å². The molecule has 0 spiro atoms. The van der Waals surface area contributed by atoms with Crippen molar-refractivity contribution in [2.75, 3.05) is 5.75 Å². The molecule has 14 heavy (non-hydrogen) atoms. The summed E-state index contributed by atoms with van der Waals surface area (Å²) in [5.74, 6) is 0.766. The van der Waals surface area contributed by atoms with Crippen LogP contribution < -0.4 is 0 Å². The Labute approximate surface area is 83.7 Å². The van der Waals surface area contributed by atoms with E-state index in [9.17, 15) is 8.42 Å². The van der Waals surface area contributed by atoms with Gasteiger partial charge >= 0.3 is 0 Å². The highest BCUT2D eigenvalue weighted by atomic mass is 32.2. The second kappa shape index (κ2) is 5.17. The van der Waals surface area contributed by atoms with E-state index in [-0.39, 0.29) is 5.75 Å². The Bertz CT molecular complexity index is 339. The predicted molar refractivity (Wildman–Crippen MR) is 52.7 cm³/mol. The second-order valence-corrected chi connectivity index (χ2v) is 4.75. The lowest BCUT2D eigenvalue weighted by Crippen LogP contribution is -2.03. The smallest absolute Gasteiger partial charge is 0.264 e. The summed E-state index contributed by atoms with van der Waals surface area (Å²) in [5.41, 5.74) is 0. The van der Waals surface area contributed by atoms with Crippen LogP contribution in [0.25, 0.3) is 0 Å². The van der Waals surface area contributed by atoms with Crippen molar-refractivity contribution in [3.05, 3.63) is 24.2 Å². The third-order valence-corrected chi connectivity index (χ3v) is 2.71. The van der Waals surface area contributed by atoms with Gasteiger partial charge in [-0.2, -0.15) is 8.42 Å². The molecule has 0 aliphatic rings. The fourth-order valence-corrected chi connectivity index (χ4v) is 1.78. The Balaban J connectivity index is 2.06. The molecule has 0 unspecified atom stereocenters. The van der Waals surface area contributed by atoms with Gasteiger partial charge in [-0.3, -0.25) is 4.55 Å². The molecule has 0 aliphatic heterocycles. The van der Waals surface area contributed by atoms with Crippen LogP contribution in [0, 0.1) is 0 Å². The minimum absolute atomic E-state index is 0.148. The monoisotopic (exact) mass is 218 g/mol. The van der Waals surface area contributed by atoms with Gasteiger partial charge in [-0.05, 0) is 25.0 Å². The van der Waals surface area contributed by atoms with E-state index in [1.165, 1.54) is 0 Å². The van der Waals surface area contributed by atoms with Crippen molar-refractivity contribution in [1.29, 1.82) is 0 Å². The summed E-state index contributed by atoms with van der Waals surface area (Å²) in [7, 11) is -3.78. The summed E-state index contributed by atoms with van der Waals surface area (Å²) in [4.78, 5) is 0. The van der Waals surface area contributed by atoms with Gasteiger partial charge in [0.2, 0.25) is 0 Å². The molecule has 0 amide bonds. The number of unbranched alkanes of at least 4 members (excludes halogenated alkanes) is 2. The molecule has 1 rings (SSSR count). The van der Waals surface area contributed by atoms with E-state index in [4.69, 9.17) is 8.97 Å². The summed E-state index contributed by atoms with van der Waals surface area (Å²) in [6.45, 7) is 0. The summed E-state index contributed by atoms with van der Waals surface area (Å²) in [6.07, 6.45) is 4.59. The average Bonchev–Trinajstić information content (AvgIpc) is 2.54. The highest BCUT2D eigenvalue weighted by Gasteiger charge is 2.03. The van der Waals surface area contributed by atoms with Crippen LogP contribution in [0.1, 0.15) is 25.0 Å². The van der Waals surface area contributed by atoms with E-state index in [2.05, 4.69) is 0 Å². The first-order valence-electron chi connectivity index (χ1n) is 4.55. The van der Waals surface area contributed by atoms with E-state index >= 15 is 0 Å². The summed E-state index contributed by atoms with van der Waals surface area (Å²) < 4.78 is 34.3. The van der Waals surface area contributed by atoms with Crippen LogP contribution >= 0.6 is 0 Å². The van der Waals surface area contributed by atoms with Crippen LogP contribution in [0.3, 0.4) is 0 Å². The summed E-state index contributed by atoms with van der Waals surface area (Å²) in [6, 6.07) is 3.72. The lowest BCUT2D eigenvalue weighted by Gasteiger charge is -1.97. The first-order chi connectivity index (χ1) is 6.58. The van der Waals surface area contributed by atoms with Crippen molar-refractivity contribution >= 4 is 10.1 Å². The first-order valence-corrected chi connectivity index (χ1v) is 6.16. The van der Waals surface area contributed by atoms with E-state index in [0.29, 0.717) is 6.42 Å². The van der Waals surface area contributed by atoms with Gasteiger partial charge in [-0.1, -0.05) is 6.42 Å². The average molecular weight is 218 g/mol. The van der Waals surface area contributed by atoms with Crippen molar-refractivity contribution in [1.82, 2.24) is 0 Å². The molecule has 1 heterocycles. The SMILES string of the molecule is O=S(=O)(O)CCCCCc1ccco1. The minimum Gasteiger partial charge on any atom is -0.469 e. The fourth-order valence-electron chi connectivity index (χ4n) is 1.22. The molecule has 0 fully saturated rings. The number of hydrogen-bond acceptors (Lipinski definition) is 3. The van der Waals surface area contributed by atoms with Crippen LogP contribution in [-0.4, -0.2) is 18.7 Å². The van der Waals surface area contributed by atoms with Crippen LogP contribution in [0.15, 0.2) is 22.8 Å². The maximum absolute atomic E-state index is 10.4. The Morgan fingerprint density at radius 1 is 1.29 bits per heavy atom. The first kappa shape index (κ1) is 11.3. The van der Waals surface area contributed by atoms with E-state index in [1.807, 2.05) is 12.1 Å². The van der Waals surface area contributed by atoms with Crippen molar-refractivity contribution in [2.24, 2.45) is 0 Å². The third-order valence-electron chi connectivity index (χ3n) is 1.91. The van der Waals surface area contributed by atoms with Gasteiger partial charge in [0.25, 0.3) is 10.1 Å². The Morgan fingerprint density at radius 3 is 2.64 bits per heavy atom. The van der Waals surface area contributed by atoms with E-state index in [1.54, 1.807) is 6.26 Å². The predicted octanol–water partition coefficient (Wildman–Crippen LogP) is 1.88. The van der Waals surface area contributed by atoms with Crippen LogP contribution in [-0.2, 0) is 16.5 Å². The largest absolute Gasteiger partial charge is 0.469 e. The topological polar surface area (TPSA) is 67.5 Å². The lowest BCUT2D eigenvalue weighted by atomic mass is 10.2. The zero-order chi connectivity index (χ0) is 10.4. The molecule has 0 aromatic carbocycles. The van der Waals surface area contributed by atoms with Gasteiger partial charge in [0.1, 0.15) is 5.76 Å². The number of hydrogen-bond donors (Lipinski definition) is 1. The lowest BCUT2D eigenvalue weighted by molar-refractivity contribution is 0.476. The Kier molecular flexibility index (Phi) is 4.16. The normalized spacial score (nSPS) is 11.8. The molecule has 1 aromatic heterocycles. The third kappa shape index (κ3) is 5.04. The van der Waals surface area contributed by atoms with Gasteiger partial charge in [0, 0.05) is 6.42 Å². The van der Waals surface area contributed by atoms with Crippen LogP contribution in [0.5, 0.6) is 0 Å². The molecule has 0 radical (unpaired) electrons. The zero-order valence-corrected chi connectivity index (χ0v) is 8.66. The zero-order valence-electron chi connectivity index (χ0n) is 7.85. The van der Waals surface area contributed by atoms with Gasteiger partial charge in [0.15, 0.2) is 0 Å². The quantitative estimate of drug-likeness (QED) is 0.584. The maximum atomic E-state index is 10.4. The number of rotatable bonds is 6. The summed E-state index contributed by atoms with van der Waals surface area (Å²) in [5, 5.41) is 0. The number of furan rings is 1. The molecule has 80 valence electrons. The van der Waals surface area contributed by atoms with Crippen molar-refractivity contribution in [2.45, 2.75) is 25.7 Å². The van der Waals surface area contributed by atoms with Gasteiger partial charge < -0.3 is 4.42 Å². The van der Waals surface area contributed by atoms with E-state index in [0.717, 1.165) is 25.0 Å². The molecule has 1 N–H and O–H groups in total. The number of aryl methyl sites for hydroxylation is 1. The van der Waals surface area contributed by atoms with Crippen LogP contribution in [0.2, 0.25) is 0 Å². The summed E-state index contributed by atoms with van der Waals surface area (Å²) >= 11 is 0. The maximum Gasteiger partial charge on any atom is 0.264 e. The van der Waals surface area contributed by atoms with Gasteiger partial charge in [0.05, 0.1) is 12.0 Å². The molecular formula is C9H14O4S. The molecule has 5 heteroatoms.